The van der Waals surface area contributed by atoms with E-state index in [9.17, 15) is 10.1 Å². The first kappa shape index (κ1) is 14.8. The van der Waals surface area contributed by atoms with Crippen LogP contribution in [-0.2, 0) is 11.2 Å². The lowest BCUT2D eigenvalue weighted by molar-refractivity contribution is -0.117. The Balaban J connectivity index is 1.73. The molecule has 2 aromatic rings. The first-order valence-electron chi connectivity index (χ1n) is 7.53. The van der Waals surface area contributed by atoms with Crippen molar-refractivity contribution in [1.29, 1.82) is 5.26 Å². The Kier molecular flexibility index (Phi) is 4.00. The van der Waals surface area contributed by atoms with E-state index in [2.05, 4.69) is 23.5 Å². The number of carbonyl (C=O) groups is 1. The molecule has 1 aromatic carbocycles. The van der Waals surface area contributed by atoms with Crippen molar-refractivity contribution in [3.05, 3.63) is 51.9 Å². The second-order valence-electron chi connectivity index (χ2n) is 5.65. The predicted octanol–water partition coefficient (Wildman–Crippen LogP) is 4.23. The van der Waals surface area contributed by atoms with Crippen molar-refractivity contribution in [3.8, 4) is 6.07 Å². The molecule has 0 saturated heterocycles. The summed E-state index contributed by atoms with van der Waals surface area (Å²) in [5, 5.41) is 13.0. The summed E-state index contributed by atoms with van der Waals surface area (Å²) in [5.41, 5.74) is 2.91. The third kappa shape index (κ3) is 2.65. The van der Waals surface area contributed by atoms with E-state index in [-0.39, 0.29) is 11.8 Å². The molecule has 1 amide bonds. The molecule has 4 heteroatoms. The number of hydrogen-bond donors (Lipinski definition) is 1. The van der Waals surface area contributed by atoms with E-state index in [1.54, 1.807) is 0 Å². The third-order valence-corrected chi connectivity index (χ3v) is 5.33. The minimum atomic E-state index is 0.0291. The standard InChI is InChI=1S/C18H18N2OS/c1-3-13-11(2)22-18(16(13)10-19)20-17(21)15-9-14(15)12-7-5-4-6-8-12/h4-8,14-15H,3,9H2,1-2H3,(H,20,21). The van der Waals surface area contributed by atoms with Gasteiger partial charge in [0.2, 0.25) is 5.91 Å². The molecule has 1 heterocycles. The summed E-state index contributed by atoms with van der Waals surface area (Å²) in [5.74, 6) is 0.383. The van der Waals surface area contributed by atoms with E-state index < -0.39 is 0 Å². The molecular weight excluding hydrogens is 292 g/mol. The van der Waals surface area contributed by atoms with E-state index in [1.165, 1.54) is 16.9 Å². The summed E-state index contributed by atoms with van der Waals surface area (Å²) in [6.45, 7) is 4.04. The Morgan fingerprint density at radius 1 is 1.41 bits per heavy atom. The average Bonchev–Trinajstić information content (AvgIpc) is 3.27. The van der Waals surface area contributed by atoms with Gasteiger partial charge in [-0.2, -0.15) is 5.26 Å². The zero-order chi connectivity index (χ0) is 15.7. The van der Waals surface area contributed by atoms with Crippen molar-refractivity contribution in [1.82, 2.24) is 0 Å². The fourth-order valence-corrected chi connectivity index (χ4v) is 4.07. The van der Waals surface area contributed by atoms with E-state index in [1.807, 2.05) is 32.0 Å². The van der Waals surface area contributed by atoms with Gasteiger partial charge in [-0.1, -0.05) is 37.3 Å². The van der Waals surface area contributed by atoms with E-state index in [0.717, 1.165) is 23.3 Å². The Hall–Kier alpha value is -2.12. The molecule has 1 aromatic heterocycles. The molecule has 2 unspecified atom stereocenters. The van der Waals surface area contributed by atoms with Crippen LogP contribution in [0.2, 0.25) is 0 Å². The zero-order valence-corrected chi connectivity index (χ0v) is 13.5. The molecule has 1 fully saturated rings. The first-order chi connectivity index (χ1) is 10.7. The molecule has 3 rings (SSSR count). The van der Waals surface area contributed by atoms with Crippen LogP contribution < -0.4 is 5.32 Å². The normalized spacial score (nSPS) is 19.5. The number of carbonyl (C=O) groups excluding carboxylic acids is 1. The highest BCUT2D eigenvalue weighted by Gasteiger charge is 2.44. The maximum atomic E-state index is 12.4. The van der Waals surface area contributed by atoms with Gasteiger partial charge in [0.05, 0.1) is 5.56 Å². The zero-order valence-electron chi connectivity index (χ0n) is 12.7. The SMILES string of the molecule is CCc1c(C)sc(NC(=O)C2CC2c2ccccc2)c1C#N. The lowest BCUT2D eigenvalue weighted by Crippen LogP contribution is -2.14. The van der Waals surface area contributed by atoms with Gasteiger partial charge in [0.1, 0.15) is 11.1 Å². The molecule has 3 nitrogen and oxygen atoms in total. The molecule has 1 aliphatic rings. The Labute approximate surface area is 134 Å². The molecule has 0 radical (unpaired) electrons. The number of amides is 1. The Morgan fingerprint density at radius 2 is 2.14 bits per heavy atom. The van der Waals surface area contributed by atoms with Crippen molar-refractivity contribution < 1.29 is 4.79 Å². The smallest absolute Gasteiger partial charge is 0.228 e. The van der Waals surface area contributed by atoms with Crippen LogP contribution in [0, 0.1) is 24.2 Å². The van der Waals surface area contributed by atoms with Crippen molar-refractivity contribution >= 4 is 22.2 Å². The Bertz CT molecular complexity index is 742. The largest absolute Gasteiger partial charge is 0.316 e. The third-order valence-electron chi connectivity index (χ3n) is 4.27. The molecule has 22 heavy (non-hydrogen) atoms. The molecular formula is C18H18N2OS. The summed E-state index contributed by atoms with van der Waals surface area (Å²) >= 11 is 1.51. The highest BCUT2D eigenvalue weighted by atomic mass is 32.1. The summed E-state index contributed by atoms with van der Waals surface area (Å²) in [6, 6.07) is 12.4. The molecule has 1 saturated carbocycles. The van der Waals surface area contributed by atoms with Crippen molar-refractivity contribution in [2.24, 2.45) is 5.92 Å². The number of benzene rings is 1. The molecule has 0 bridgehead atoms. The predicted molar refractivity (Wildman–Crippen MR) is 89.1 cm³/mol. The summed E-state index contributed by atoms with van der Waals surface area (Å²) in [4.78, 5) is 13.5. The number of hydrogen-bond acceptors (Lipinski definition) is 3. The van der Waals surface area contributed by atoms with Crippen molar-refractivity contribution in [3.63, 3.8) is 0 Å². The fourth-order valence-electron chi connectivity index (χ4n) is 2.97. The topological polar surface area (TPSA) is 52.9 Å². The lowest BCUT2D eigenvalue weighted by atomic mass is 10.1. The van der Waals surface area contributed by atoms with Gasteiger partial charge in [-0.15, -0.1) is 11.3 Å². The maximum Gasteiger partial charge on any atom is 0.228 e. The quantitative estimate of drug-likeness (QED) is 0.918. The highest BCUT2D eigenvalue weighted by molar-refractivity contribution is 7.16. The summed E-state index contributed by atoms with van der Waals surface area (Å²) in [7, 11) is 0. The van der Waals surface area contributed by atoms with Crippen molar-refractivity contribution in [2.45, 2.75) is 32.6 Å². The van der Waals surface area contributed by atoms with Gasteiger partial charge in [-0.25, -0.2) is 0 Å². The maximum absolute atomic E-state index is 12.4. The minimum absolute atomic E-state index is 0.0291. The van der Waals surface area contributed by atoms with Gasteiger partial charge in [-0.3, -0.25) is 4.79 Å². The van der Waals surface area contributed by atoms with Crippen LogP contribution in [-0.4, -0.2) is 5.91 Å². The molecule has 2 atom stereocenters. The highest BCUT2D eigenvalue weighted by Crippen LogP contribution is 2.48. The van der Waals surface area contributed by atoms with Crippen molar-refractivity contribution in [2.75, 3.05) is 5.32 Å². The molecule has 0 spiro atoms. The van der Waals surface area contributed by atoms with Crippen LogP contribution in [0.5, 0.6) is 0 Å². The number of aryl methyl sites for hydroxylation is 1. The van der Waals surface area contributed by atoms with Crippen LogP contribution >= 0.6 is 11.3 Å². The van der Waals surface area contributed by atoms with Gasteiger partial charge >= 0.3 is 0 Å². The number of nitriles is 1. The summed E-state index contributed by atoms with van der Waals surface area (Å²) in [6.07, 6.45) is 1.71. The number of rotatable bonds is 4. The molecule has 0 aliphatic heterocycles. The van der Waals surface area contributed by atoms with E-state index in [0.29, 0.717) is 16.5 Å². The fraction of sp³-hybridized carbons (Fsp3) is 0.333. The number of nitrogens with one attached hydrogen (secondary N) is 1. The van der Waals surface area contributed by atoms with Crippen LogP contribution in [0.4, 0.5) is 5.00 Å². The molecule has 1 aliphatic carbocycles. The molecule has 112 valence electrons. The van der Waals surface area contributed by atoms with Gasteiger partial charge < -0.3 is 5.32 Å². The minimum Gasteiger partial charge on any atom is -0.316 e. The van der Waals surface area contributed by atoms with Gasteiger partial charge in [0.25, 0.3) is 0 Å². The number of thiophene rings is 1. The second-order valence-corrected chi connectivity index (χ2v) is 6.88. The van der Waals surface area contributed by atoms with Gasteiger partial charge in [0.15, 0.2) is 0 Å². The van der Waals surface area contributed by atoms with E-state index in [4.69, 9.17) is 0 Å². The monoisotopic (exact) mass is 310 g/mol. The second kappa shape index (κ2) is 5.94. The average molecular weight is 310 g/mol. The number of anilines is 1. The first-order valence-corrected chi connectivity index (χ1v) is 8.35. The van der Waals surface area contributed by atoms with Crippen LogP contribution in [0.1, 0.15) is 40.8 Å². The van der Waals surface area contributed by atoms with Crippen LogP contribution in [0.15, 0.2) is 30.3 Å². The van der Waals surface area contributed by atoms with Gasteiger partial charge in [0, 0.05) is 10.8 Å². The van der Waals surface area contributed by atoms with Crippen LogP contribution in [0.3, 0.4) is 0 Å². The summed E-state index contributed by atoms with van der Waals surface area (Å²) < 4.78 is 0. The van der Waals surface area contributed by atoms with E-state index >= 15 is 0 Å². The number of nitrogens with zero attached hydrogens (tertiary/aromatic N) is 1. The van der Waals surface area contributed by atoms with Crippen LogP contribution in [0.25, 0.3) is 0 Å². The molecule has 1 N–H and O–H groups in total. The lowest BCUT2D eigenvalue weighted by Gasteiger charge is -2.03. The van der Waals surface area contributed by atoms with Gasteiger partial charge in [-0.05, 0) is 36.8 Å². The Morgan fingerprint density at radius 3 is 2.77 bits per heavy atom.